The second kappa shape index (κ2) is 7.69. The Morgan fingerprint density at radius 1 is 1.19 bits per heavy atom. The van der Waals surface area contributed by atoms with Crippen molar-refractivity contribution in [1.29, 1.82) is 0 Å². The molecule has 1 aromatic heterocycles. The van der Waals surface area contributed by atoms with Gasteiger partial charge in [-0.25, -0.2) is 4.98 Å². The van der Waals surface area contributed by atoms with Crippen molar-refractivity contribution < 1.29 is 9.47 Å². The van der Waals surface area contributed by atoms with E-state index >= 15 is 0 Å². The minimum atomic E-state index is 0.571. The second-order valence-corrected chi connectivity index (χ2v) is 4.81. The summed E-state index contributed by atoms with van der Waals surface area (Å²) in [5.41, 5.74) is 6.75. The molecular weight excluding hydrogens is 266 g/mol. The summed E-state index contributed by atoms with van der Waals surface area (Å²) in [4.78, 5) is 4.28. The van der Waals surface area contributed by atoms with Gasteiger partial charge in [0.1, 0.15) is 5.82 Å². The van der Waals surface area contributed by atoms with Crippen LogP contribution in [0.4, 0.5) is 0 Å². The van der Waals surface area contributed by atoms with Gasteiger partial charge in [-0.15, -0.1) is 0 Å². The number of nitrogens with two attached hydrogens (primary N) is 1. The van der Waals surface area contributed by atoms with Crippen molar-refractivity contribution in [3.8, 4) is 11.5 Å². The van der Waals surface area contributed by atoms with Gasteiger partial charge in [-0.2, -0.15) is 0 Å². The highest BCUT2D eigenvalue weighted by Crippen LogP contribution is 2.28. The van der Waals surface area contributed by atoms with Crippen LogP contribution in [0.2, 0.25) is 0 Å². The lowest BCUT2D eigenvalue weighted by Crippen LogP contribution is -2.08. The largest absolute Gasteiger partial charge is 0.490 e. The highest BCUT2D eigenvalue weighted by molar-refractivity contribution is 5.43. The number of aromatic nitrogens is 2. The van der Waals surface area contributed by atoms with Crippen molar-refractivity contribution in [2.75, 3.05) is 19.8 Å². The fourth-order valence-corrected chi connectivity index (χ4v) is 2.15. The molecule has 0 bridgehead atoms. The van der Waals surface area contributed by atoms with Crippen LogP contribution in [0.15, 0.2) is 30.6 Å². The third kappa shape index (κ3) is 4.23. The van der Waals surface area contributed by atoms with Gasteiger partial charge in [-0.3, -0.25) is 0 Å². The first kappa shape index (κ1) is 15.4. The Kier molecular flexibility index (Phi) is 5.63. The smallest absolute Gasteiger partial charge is 0.161 e. The summed E-state index contributed by atoms with van der Waals surface area (Å²) < 4.78 is 13.5. The molecule has 5 heteroatoms. The van der Waals surface area contributed by atoms with Crippen molar-refractivity contribution in [2.24, 2.45) is 12.8 Å². The van der Waals surface area contributed by atoms with Crippen LogP contribution in [0.3, 0.4) is 0 Å². The molecule has 0 radical (unpaired) electrons. The molecule has 114 valence electrons. The highest BCUT2D eigenvalue weighted by Gasteiger charge is 2.07. The number of imidazole rings is 1. The predicted octanol–water partition coefficient (Wildman–Crippen LogP) is 1.94. The molecule has 21 heavy (non-hydrogen) atoms. The molecule has 0 fully saturated rings. The molecule has 0 atom stereocenters. The van der Waals surface area contributed by atoms with Gasteiger partial charge in [0.25, 0.3) is 0 Å². The van der Waals surface area contributed by atoms with E-state index in [1.807, 2.05) is 42.9 Å². The van der Waals surface area contributed by atoms with Gasteiger partial charge in [-0.1, -0.05) is 6.07 Å². The summed E-state index contributed by atoms with van der Waals surface area (Å²) >= 11 is 0. The fraction of sp³-hybridized carbons (Fsp3) is 0.438. The number of benzene rings is 1. The van der Waals surface area contributed by atoms with E-state index < -0.39 is 0 Å². The number of ether oxygens (including phenoxy) is 2. The Morgan fingerprint density at radius 2 is 2.05 bits per heavy atom. The Morgan fingerprint density at radius 3 is 2.71 bits per heavy atom. The van der Waals surface area contributed by atoms with Gasteiger partial charge in [-0.05, 0) is 37.6 Å². The number of rotatable bonds is 8. The topological polar surface area (TPSA) is 62.3 Å². The minimum Gasteiger partial charge on any atom is -0.490 e. The monoisotopic (exact) mass is 289 g/mol. The van der Waals surface area contributed by atoms with Crippen LogP contribution in [0.5, 0.6) is 11.5 Å². The number of nitrogens with zero attached hydrogens (tertiary/aromatic N) is 2. The van der Waals surface area contributed by atoms with E-state index in [2.05, 4.69) is 4.98 Å². The van der Waals surface area contributed by atoms with E-state index in [1.54, 1.807) is 6.20 Å². The normalized spacial score (nSPS) is 10.6. The van der Waals surface area contributed by atoms with Crippen LogP contribution in [0.1, 0.15) is 18.3 Å². The predicted molar refractivity (Wildman–Crippen MR) is 82.8 cm³/mol. The molecule has 0 spiro atoms. The maximum absolute atomic E-state index is 5.84. The maximum Gasteiger partial charge on any atom is 0.161 e. The average molecular weight is 289 g/mol. The van der Waals surface area contributed by atoms with E-state index in [9.17, 15) is 0 Å². The molecule has 2 aromatic rings. The quantitative estimate of drug-likeness (QED) is 0.806. The lowest BCUT2D eigenvalue weighted by molar-refractivity contribution is 0.277. The van der Waals surface area contributed by atoms with Crippen LogP contribution in [0.25, 0.3) is 0 Å². The molecule has 1 heterocycles. The first-order valence-corrected chi connectivity index (χ1v) is 7.29. The summed E-state index contributed by atoms with van der Waals surface area (Å²) in [7, 11) is 1.98. The molecule has 0 aliphatic carbocycles. The van der Waals surface area contributed by atoms with Crippen molar-refractivity contribution in [3.63, 3.8) is 0 Å². The standard InChI is InChI=1S/C16H23N3O2/c1-3-20-15-12-13(6-8-17)4-5-14(15)21-11-7-16-18-9-10-19(16)2/h4-5,9-10,12H,3,6-8,11,17H2,1-2H3. The van der Waals surface area contributed by atoms with Gasteiger partial charge in [0, 0.05) is 25.9 Å². The summed E-state index contributed by atoms with van der Waals surface area (Å²) in [5.74, 6) is 2.56. The first-order valence-electron chi connectivity index (χ1n) is 7.29. The van der Waals surface area contributed by atoms with Crippen molar-refractivity contribution in [1.82, 2.24) is 9.55 Å². The lowest BCUT2D eigenvalue weighted by atomic mass is 10.1. The zero-order valence-electron chi connectivity index (χ0n) is 12.7. The van der Waals surface area contributed by atoms with Gasteiger partial charge in [0.15, 0.2) is 11.5 Å². The van der Waals surface area contributed by atoms with E-state index in [0.717, 1.165) is 35.7 Å². The summed E-state index contributed by atoms with van der Waals surface area (Å²) in [6, 6.07) is 5.99. The molecule has 5 nitrogen and oxygen atoms in total. The number of aryl methyl sites for hydroxylation is 1. The van der Waals surface area contributed by atoms with Crippen LogP contribution < -0.4 is 15.2 Å². The lowest BCUT2D eigenvalue weighted by Gasteiger charge is -2.13. The molecule has 0 aliphatic rings. The van der Waals surface area contributed by atoms with E-state index in [0.29, 0.717) is 19.8 Å². The Labute approximate surface area is 125 Å². The molecule has 2 rings (SSSR count). The van der Waals surface area contributed by atoms with Crippen molar-refractivity contribution in [3.05, 3.63) is 42.0 Å². The van der Waals surface area contributed by atoms with Crippen LogP contribution >= 0.6 is 0 Å². The summed E-state index contributed by atoms with van der Waals surface area (Å²) in [6.45, 7) is 3.78. The van der Waals surface area contributed by atoms with Gasteiger partial charge in [0.05, 0.1) is 13.2 Å². The molecule has 0 saturated heterocycles. The van der Waals surface area contributed by atoms with E-state index in [1.165, 1.54) is 0 Å². The highest BCUT2D eigenvalue weighted by atomic mass is 16.5. The van der Waals surface area contributed by atoms with E-state index in [-0.39, 0.29) is 0 Å². The zero-order valence-corrected chi connectivity index (χ0v) is 12.7. The van der Waals surface area contributed by atoms with Gasteiger partial charge < -0.3 is 19.8 Å². The maximum atomic E-state index is 5.84. The Hall–Kier alpha value is -2.01. The third-order valence-electron chi connectivity index (χ3n) is 3.25. The average Bonchev–Trinajstić information content (AvgIpc) is 2.87. The summed E-state index contributed by atoms with van der Waals surface area (Å²) in [6.07, 6.45) is 5.33. The molecule has 0 aliphatic heterocycles. The fourth-order valence-electron chi connectivity index (χ4n) is 2.15. The molecule has 0 amide bonds. The first-order chi connectivity index (χ1) is 10.2. The van der Waals surface area contributed by atoms with Crippen LogP contribution in [-0.2, 0) is 19.9 Å². The summed E-state index contributed by atoms with van der Waals surface area (Å²) in [5, 5.41) is 0. The molecule has 2 N–H and O–H groups in total. The minimum absolute atomic E-state index is 0.571. The van der Waals surface area contributed by atoms with Crippen molar-refractivity contribution >= 4 is 0 Å². The SMILES string of the molecule is CCOc1cc(CCN)ccc1OCCc1nccn1C. The molecule has 0 saturated carbocycles. The second-order valence-electron chi connectivity index (χ2n) is 4.81. The van der Waals surface area contributed by atoms with Crippen LogP contribution in [-0.4, -0.2) is 29.3 Å². The molecule has 0 unspecified atom stereocenters. The zero-order chi connectivity index (χ0) is 15.1. The van der Waals surface area contributed by atoms with Crippen molar-refractivity contribution in [2.45, 2.75) is 19.8 Å². The Bertz CT molecular complexity index is 566. The third-order valence-corrected chi connectivity index (χ3v) is 3.25. The van der Waals surface area contributed by atoms with Gasteiger partial charge in [0.2, 0.25) is 0 Å². The Balaban J connectivity index is 1.99. The van der Waals surface area contributed by atoms with Gasteiger partial charge >= 0.3 is 0 Å². The molecular formula is C16H23N3O2. The van der Waals surface area contributed by atoms with E-state index in [4.69, 9.17) is 15.2 Å². The number of hydrogen-bond acceptors (Lipinski definition) is 4. The number of hydrogen-bond donors (Lipinski definition) is 1. The molecule has 1 aromatic carbocycles. The van der Waals surface area contributed by atoms with Crippen LogP contribution in [0, 0.1) is 0 Å².